The Morgan fingerprint density at radius 1 is 0.955 bits per heavy atom. The van der Waals surface area contributed by atoms with Crippen molar-refractivity contribution in [3.63, 3.8) is 0 Å². The van der Waals surface area contributed by atoms with Gasteiger partial charge in [0.15, 0.2) is 0 Å². The van der Waals surface area contributed by atoms with Gasteiger partial charge in [-0.05, 0) is 40.5 Å². The number of benzene rings is 3. The number of allylic oxidation sites excluding steroid dienone is 2. The molecule has 0 bridgehead atoms. The van der Waals surface area contributed by atoms with Gasteiger partial charge in [-0.15, -0.1) is 0 Å². The lowest BCUT2D eigenvalue weighted by atomic mass is 10.00. The number of halogens is 1. The van der Waals surface area contributed by atoms with Gasteiger partial charge in [-0.25, -0.2) is 4.39 Å². The number of nitriles is 1. The van der Waals surface area contributed by atoms with E-state index >= 15 is 0 Å². The Labute approximate surface area is 128 Å². The molecule has 0 radical (unpaired) electrons. The Balaban J connectivity index is 1.94. The fourth-order valence-corrected chi connectivity index (χ4v) is 2.46. The highest BCUT2D eigenvalue weighted by atomic mass is 19.1. The van der Waals surface area contributed by atoms with Crippen molar-refractivity contribution < 1.29 is 4.39 Å². The molecule has 0 spiro atoms. The van der Waals surface area contributed by atoms with Crippen LogP contribution >= 0.6 is 0 Å². The zero-order valence-corrected chi connectivity index (χ0v) is 12.0. The number of fused-ring (bicyclic) bond motifs is 1. The Hall–Kier alpha value is -2.92. The molecule has 3 rings (SSSR count). The van der Waals surface area contributed by atoms with E-state index in [4.69, 9.17) is 0 Å². The number of rotatable bonds is 3. The van der Waals surface area contributed by atoms with Crippen LogP contribution in [-0.2, 0) is 6.42 Å². The molecule has 0 saturated heterocycles. The van der Waals surface area contributed by atoms with Crippen molar-refractivity contribution in [1.82, 2.24) is 0 Å². The van der Waals surface area contributed by atoms with Crippen molar-refractivity contribution in [2.24, 2.45) is 0 Å². The maximum Gasteiger partial charge on any atom is 0.126 e. The van der Waals surface area contributed by atoms with Crippen LogP contribution < -0.4 is 0 Å². The number of hydrogen-bond acceptors (Lipinski definition) is 1. The van der Waals surface area contributed by atoms with Gasteiger partial charge in [-0.1, -0.05) is 60.7 Å². The zero-order valence-electron chi connectivity index (χ0n) is 12.0. The van der Waals surface area contributed by atoms with Gasteiger partial charge in [0.25, 0.3) is 0 Å². The molecule has 0 aliphatic rings. The van der Waals surface area contributed by atoms with E-state index in [0.717, 1.165) is 16.3 Å². The first-order chi connectivity index (χ1) is 10.8. The molecule has 22 heavy (non-hydrogen) atoms. The second-order valence-corrected chi connectivity index (χ2v) is 5.09. The van der Waals surface area contributed by atoms with Crippen molar-refractivity contribution in [2.45, 2.75) is 6.42 Å². The summed E-state index contributed by atoms with van der Waals surface area (Å²) in [5, 5.41) is 11.6. The van der Waals surface area contributed by atoms with E-state index in [9.17, 15) is 9.65 Å². The Bertz CT molecular complexity index is 887. The van der Waals surface area contributed by atoms with Gasteiger partial charge in [0.2, 0.25) is 0 Å². The predicted molar refractivity (Wildman–Crippen MR) is 87.6 cm³/mol. The normalized spacial score (nSPS) is 11.4. The van der Waals surface area contributed by atoms with Gasteiger partial charge in [-0.3, -0.25) is 0 Å². The largest absolute Gasteiger partial charge is 0.207 e. The van der Waals surface area contributed by atoms with Gasteiger partial charge in [0, 0.05) is 0 Å². The molecular formula is C20H14FN. The second kappa shape index (κ2) is 6.24. The van der Waals surface area contributed by atoms with Crippen LogP contribution in [0.3, 0.4) is 0 Å². The molecule has 0 N–H and O–H groups in total. The fraction of sp³-hybridized carbons (Fsp3) is 0.0500. The molecule has 0 aliphatic carbocycles. The minimum atomic E-state index is -0.241. The highest BCUT2D eigenvalue weighted by molar-refractivity contribution is 5.88. The summed E-state index contributed by atoms with van der Waals surface area (Å²) < 4.78 is 13.6. The minimum Gasteiger partial charge on any atom is -0.207 e. The number of hydrogen-bond donors (Lipinski definition) is 0. The van der Waals surface area contributed by atoms with Gasteiger partial charge < -0.3 is 0 Å². The average Bonchev–Trinajstić information content (AvgIpc) is 2.57. The second-order valence-electron chi connectivity index (χ2n) is 5.09. The summed E-state index contributed by atoms with van der Waals surface area (Å²) in [6.07, 6.45) is 2.19. The van der Waals surface area contributed by atoms with Crippen LogP contribution in [0.25, 0.3) is 16.3 Å². The van der Waals surface area contributed by atoms with E-state index in [-0.39, 0.29) is 5.82 Å². The molecule has 0 aromatic heterocycles. The lowest BCUT2D eigenvalue weighted by Gasteiger charge is -2.03. The summed E-state index contributed by atoms with van der Waals surface area (Å²) in [5.41, 5.74) is 2.02. The third kappa shape index (κ3) is 2.89. The van der Waals surface area contributed by atoms with Gasteiger partial charge in [0.1, 0.15) is 5.82 Å². The maximum absolute atomic E-state index is 13.6. The van der Waals surface area contributed by atoms with Crippen LogP contribution in [0, 0.1) is 17.1 Å². The summed E-state index contributed by atoms with van der Waals surface area (Å²) in [5.74, 6) is -0.241. The Kier molecular flexibility index (Phi) is 3.98. The van der Waals surface area contributed by atoms with Crippen LogP contribution in [-0.4, -0.2) is 0 Å². The fourth-order valence-electron chi connectivity index (χ4n) is 2.46. The first-order valence-corrected chi connectivity index (χ1v) is 7.11. The van der Waals surface area contributed by atoms with E-state index in [1.54, 1.807) is 24.3 Å². The van der Waals surface area contributed by atoms with E-state index in [0.29, 0.717) is 17.6 Å². The first kappa shape index (κ1) is 14.0. The van der Waals surface area contributed by atoms with Crippen LogP contribution in [0.5, 0.6) is 0 Å². The van der Waals surface area contributed by atoms with Crippen molar-refractivity contribution in [1.29, 1.82) is 5.26 Å². The third-order valence-electron chi connectivity index (χ3n) is 3.66. The van der Waals surface area contributed by atoms with Gasteiger partial charge in [0.05, 0.1) is 11.6 Å². The van der Waals surface area contributed by atoms with E-state index < -0.39 is 0 Å². The molecule has 106 valence electrons. The minimum absolute atomic E-state index is 0.241. The van der Waals surface area contributed by atoms with E-state index in [1.165, 1.54) is 6.07 Å². The van der Waals surface area contributed by atoms with Crippen molar-refractivity contribution in [3.05, 3.63) is 89.8 Å². The molecule has 0 heterocycles. The van der Waals surface area contributed by atoms with E-state index in [2.05, 4.69) is 6.07 Å². The first-order valence-electron chi connectivity index (χ1n) is 7.11. The predicted octanol–water partition coefficient (Wildman–Crippen LogP) is 5.13. The molecule has 0 fully saturated rings. The van der Waals surface area contributed by atoms with Crippen LogP contribution in [0.2, 0.25) is 0 Å². The van der Waals surface area contributed by atoms with Gasteiger partial charge >= 0.3 is 0 Å². The van der Waals surface area contributed by atoms with Crippen molar-refractivity contribution >= 4 is 16.3 Å². The summed E-state index contributed by atoms with van der Waals surface area (Å²) in [6, 6.07) is 22.8. The summed E-state index contributed by atoms with van der Waals surface area (Å²) >= 11 is 0. The standard InChI is InChI=1S/C20H14FN/c21-20-8-4-3-6-16(20)10-12-19(14-22)18-11-9-15-5-1-2-7-17(15)13-18/h1-9,11-13H,10H2/b19-12+. The van der Waals surface area contributed by atoms with Crippen molar-refractivity contribution in [3.8, 4) is 6.07 Å². The molecule has 2 heteroatoms. The van der Waals surface area contributed by atoms with Crippen LogP contribution in [0.4, 0.5) is 4.39 Å². The molecule has 0 aliphatic heterocycles. The summed E-state index contributed by atoms with van der Waals surface area (Å²) in [6.45, 7) is 0. The van der Waals surface area contributed by atoms with Crippen LogP contribution in [0.15, 0.2) is 72.8 Å². The lowest BCUT2D eigenvalue weighted by Crippen LogP contribution is -1.89. The molecule has 0 atom stereocenters. The topological polar surface area (TPSA) is 23.8 Å². The zero-order chi connectivity index (χ0) is 15.4. The molecular weight excluding hydrogens is 273 g/mol. The lowest BCUT2D eigenvalue weighted by molar-refractivity contribution is 0.615. The highest BCUT2D eigenvalue weighted by Crippen LogP contribution is 2.21. The Morgan fingerprint density at radius 3 is 2.45 bits per heavy atom. The third-order valence-corrected chi connectivity index (χ3v) is 3.66. The molecule has 3 aromatic rings. The van der Waals surface area contributed by atoms with Crippen molar-refractivity contribution in [2.75, 3.05) is 0 Å². The monoisotopic (exact) mass is 287 g/mol. The average molecular weight is 287 g/mol. The van der Waals surface area contributed by atoms with Gasteiger partial charge in [-0.2, -0.15) is 5.26 Å². The van der Waals surface area contributed by atoms with E-state index in [1.807, 2.05) is 42.5 Å². The Morgan fingerprint density at radius 2 is 1.68 bits per heavy atom. The molecule has 0 unspecified atom stereocenters. The molecule has 3 aromatic carbocycles. The SMILES string of the molecule is N#C/C(=C\Cc1ccccc1F)c1ccc2ccccc2c1. The summed E-state index contributed by atoms with van der Waals surface area (Å²) in [4.78, 5) is 0. The summed E-state index contributed by atoms with van der Waals surface area (Å²) in [7, 11) is 0. The molecule has 0 amide bonds. The smallest absolute Gasteiger partial charge is 0.126 e. The highest BCUT2D eigenvalue weighted by Gasteiger charge is 2.04. The van der Waals surface area contributed by atoms with Crippen LogP contribution in [0.1, 0.15) is 11.1 Å². The maximum atomic E-state index is 13.6. The number of nitrogens with zero attached hydrogens (tertiary/aromatic N) is 1. The quantitative estimate of drug-likeness (QED) is 0.613. The molecule has 0 saturated carbocycles. The molecule has 1 nitrogen and oxygen atoms in total.